The van der Waals surface area contributed by atoms with Crippen LogP contribution in [0.4, 0.5) is 4.79 Å². The Morgan fingerprint density at radius 2 is 1.90 bits per heavy atom. The summed E-state index contributed by atoms with van der Waals surface area (Å²) >= 11 is 1.56. The van der Waals surface area contributed by atoms with Crippen LogP contribution >= 0.6 is 11.3 Å². The van der Waals surface area contributed by atoms with Gasteiger partial charge < -0.3 is 10.1 Å². The van der Waals surface area contributed by atoms with Gasteiger partial charge in [0.25, 0.3) is 5.91 Å². The molecule has 2 aromatic rings. The van der Waals surface area contributed by atoms with Crippen molar-refractivity contribution >= 4 is 23.3 Å². The largest absolute Gasteiger partial charge is 0.445 e. The van der Waals surface area contributed by atoms with Crippen LogP contribution in [0.5, 0.6) is 0 Å². The first kappa shape index (κ1) is 15.0. The Balaban J connectivity index is 1.77. The quantitative estimate of drug-likeness (QED) is 0.584. The lowest BCUT2D eigenvalue weighted by molar-refractivity contribution is 0.0706. The lowest BCUT2D eigenvalue weighted by Gasteiger charge is -2.07. The third-order valence-corrected chi connectivity index (χ3v) is 3.44. The number of thiophene rings is 1. The van der Waals surface area contributed by atoms with Crippen molar-refractivity contribution in [3.05, 3.63) is 57.8 Å². The summed E-state index contributed by atoms with van der Waals surface area (Å²) in [6.07, 6.45) is -0.502. The molecule has 7 heteroatoms. The standard InChI is InChI=1S/C14H14N2O4S/c17-13(16-19)12-3-1-10(2-4-12)8-20-14(18)15-7-11-5-6-21-9-11/h1-6,9,19H,7-8H2,(H,15,18)(H,16,17). The molecule has 0 aliphatic carbocycles. The van der Waals surface area contributed by atoms with E-state index in [0.29, 0.717) is 12.1 Å². The topological polar surface area (TPSA) is 87.7 Å². The van der Waals surface area contributed by atoms with Crippen molar-refractivity contribution in [3.63, 3.8) is 0 Å². The van der Waals surface area contributed by atoms with E-state index in [9.17, 15) is 9.59 Å². The summed E-state index contributed by atoms with van der Waals surface area (Å²) in [5, 5.41) is 15.0. The molecule has 0 saturated carbocycles. The number of rotatable bonds is 5. The molecule has 0 spiro atoms. The van der Waals surface area contributed by atoms with Gasteiger partial charge in [0.1, 0.15) is 6.61 Å². The number of nitrogens with one attached hydrogen (secondary N) is 2. The normalized spacial score (nSPS) is 9.95. The van der Waals surface area contributed by atoms with Crippen molar-refractivity contribution in [2.24, 2.45) is 0 Å². The first-order valence-corrected chi connectivity index (χ1v) is 7.08. The van der Waals surface area contributed by atoms with E-state index in [0.717, 1.165) is 11.1 Å². The van der Waals surface area contributed by atoms with Crippen LogP contribution in [-0.4, -0.2) is 17.2 Å². The van der Waals surface area contributed by atoms with Crippen LogP contribution in [0.1, 0.15) is 21.5 Å². The molecule has 0 saturated heterocycles. The van der Waals surface area contributed by atoms with E-state index in [2.05, 4.69) is 5.32 Å². The smallest absolute Gasteiger partial charge is 0.407 e. The molecule has 0 aliphatic heterocycles. The molecule has 1 heterocycles. The van der Waals surface area contributed by atoms with Crippen LogP contribution in [0.15, 0.2) is 41.1 Å². The Morgan fingerprint density at radius 1 is 1.14 bits per heavy atom. The Hall–Kier alpha value is -2.38. The highest BCUT2D eigenvalue weighted by molar-refractivity contribution is 7.07. The van der Waals surface area contributed by atoms with E-state index in [1.807, 2.05) is 16.8 Å². The summed E-state index contributed by atoms with van der Waals surface area (Å²) in [6, 6.07) is 8.30. The van der Waals surface area contributed by atoms with Gasteiger partial charge in [-0.1, -0.05) is 12.1 Å². The zero-order valence-corrected chi connectivity index (χ0v) is 11.9. The molecule has 3 N–H and O–H groups in total. The second-order valence-corrected chi connectivity index (χ2v) is 4.98. The molecule has 2 amide bonds. The molecule has 2 rings (SSSR count). The maximum atomic E-state index is 11.5. The van der Waals surface area contributed by atoms with E-state index in [-0.39, 0.29) is 6.61 Å². The van der Waals surface area contributed by atoms with Crippen LogP contribution in [0.2, 0.25) is 0 Å². The fourth-order valence-corrected chi connectivity index (χ4v) is 2.25. The second kappa shape index (κ2) is 7.41. The van der Waals surface area contributed by atoms with E-state index >= 15 is 0 Å². The molecule has 0 radical (unpaired) electrons. The van der Waals surface area contributed by atoms with Crippen LogP contribution in [0.3, 0.4) is 0 Å². The summed E-state index contributed by atoms with van der Waals surface area (Å²) in [7, 11) is 0. The predicted octanol–water partition coefficient (Wildman–Crippen LogP) is 2.29. The Bertz CT molecular complexity index is 596. The van der Waals surface area contributed by atoms with Gasteiger partial charge in [-0.2, -0.15) is 11.3 Å². The summed E-state index contributed by atoms with van der Waals surface area (Å²) in [5.74, 6) is -0.587. The first-order chi connectivity index (χ1) is 10.2. The molecule has 6 nitrogen and oxygen atoms in total. The molecular formula is C14H14N2O4S. The van der Waals surface area contributed by atoms with Gasteiger partial charge in [-0.15, -0.1) is 0 Å². The number of hydroxylamine groups is 1. The number of carbonyl (C=O) groups is 2. The molecule has 1 aromatic heterocycles. The molecule has 0 atom stereocenters. The zero-order chi connectivity index (χ0) is 15.1. The van der Waals surface area contributed by atoms with Gasteiger partial charge in [0, 0.05) is 12.1 Å². The average Bonchev–Trinajstić information content (AvgIpc) is 3.04. The van der Waals surface area contributed by atoms with Gasteiger partial charge in [-0.05, 0) is 40.1 Å². The second-order valence-electron chi connectivity index (χ2n) is 4.20. The Labute approximate surface area is 125 Å². The minimum absolute atomic E-state index is 0.108. The lowest BCUT2D eigenvalue weighted by Crippen LogP contribution is -2.23. The van der Waals surface area contributed by atoms with E-state index < -0.39 is 12.0 Å². The van der Waals surface area contributed by atoms with Gasteiger partial charge in [0.2, 0.25) is 0 Å². The number of benzene rings is 1. The molecule has 21 heavy (non-hydrogen) atoms. The predicted molar refractivity (Wildman–Crippen MR) is 77.0 cm³/mol. The van der Waals surface area contributed by atoms with Crippen molar-refractivity contribution in [3.8, 4) is 0 Å². The van der Waals surface area contributed by atoms with Gasteiger partial charge in [0.15, 0.2) is 0 Å². The van der Waals surface area contributed by atoms with E-state index in [4.69, 9.17) is 9.94 Å². The van der Waals surface area contributed by atoms with Crippen molar-refractivity contribution in [1.82, 2.24) is 10.8 Å². The minimum atomic E-state index is -0.587. The van der Waals surface area contributed by atoms with Gasteiger partial charge >= 0.3 is 6.09 Å². The molecule has 0 bridgehead atoms. The van der Waals surface area contributed by atoms with Crippen molar-refractivity contribution in [2.45, 2.75) is 13.2 Å². The number of alkyl carbamates (subject to hydrolysis) is 1. The molecule has 110 valence electrons. The summed E-state index contributed by atoms with van der Waals surface area (Å²) in [4.78, 5) is 22.6. The highest BCUT2D eigenvalue weighted by Gasteiger charge is 2.05. The Morgan fingerprint density at radius 3 is 2.52 bits per heavy atom. The fraction of sp³-hybridized carbons (Fsp3) is 0.143. The minimum Gasteiger partial charge on any atom is -0.445 e. The van der Waals surface area contributed by atoms with Crippen molar-refractivity contribution in [1.29, 1.82) is 0 Å². The highest BCUT2D eigenvalue weighted by atomic mass is 32.1. The number of carbonyl (C=O) groups excluding carboxylic acids is 2. The number of amides is 2. The highest BCUT2D eigenvalue weighted by Crippen LogP contribution is 2.07. The van der Waals surface area contributed by atoms with Crippen molar-refractivity contribution < 1.29 is 19.5 Å². The van der Waals surface area contributed by atoms with E-state index in [1.165, 1.54) is 12.1 Å². The lowest BCUT2D eigenvalue weighted by atomic mass is 10.1. The number of hydrogen-bond donors (Lipinski definition) is 3. The molecule has 0 aliphatic rings. The third-order valence-electron chi connectivity index (χ3n) is 2.70. The third kappa shape index (κ3) is 4.59. The molecule has 0 unspecified atom stereocenters. The monoisotopic (exact) mass is 306 g/mol. The van der Waals surface area contributed by atoms with Crippen molar-refractivity contribution in [2.75, 3.05) is 0 Å². The average molecular weight is 306 g/mol. The van der Waals surface area contributed by atoms with Crippen LogP contribution in [0.25, 0.3) is 0 Å². The fourth-order valence-electron chi connectivity index (χ4n) is 1.58. The molecular weight excluding hydrogens is 292 g/mol. The SMILES string of the molecule is O=C(NCc1ccsc1)OCc1ccc(C(=O)NO)cc1. The summed E-state index contributed by atoms with van der Waals surface area (Å²) in [6.45, 7) is 0.536. The summed E-state index contributed by atoms with van der Waals surface area (Å²) < 4.78 is 5.06. The van der Waals surface area contributed by atoms with E-state index in [1.54, 1.807) is 28.9 Å². The number of ether oxygens (including phenoxy) is 1. The van der Waals surface area contributed by atoms with Gasteiger partial charge in [0.05, 0.1) is 0 Å². The van der Waals surface area contributed by atoms with Gasteiger partial charge in [-0.25, -0.2) is 10.3 Å². The number of hydrogen-bond acceptors (Lipinski definition) is 5. The maximum Gasteiger partial charge on any atom is 0.407 e. The van der Waals surface area contributed by atoms with Crippen LogP contribution < -0.4 is 10.8 Å². The molecule has 1 aromatic carbocycles. The molecule has 0 fully saturated rings. The zero-order valence-electron chi connectivity index (χ0n) is 11.0. The Kier molecular flexibility index (Phi) is 5.30. The first-order valence-electron chi connectivity index (χ1n) is 6.14. The maximum absolute atomic E-state index is 11.5. The van der Waals surface area contributed by atoms with Crippen LogP contribution in [-0.2, 0) is 17.9 Å². The summed E-state index contributed by atoms with van der Waals surface area (Å²) in [5.41, 5.74) is 3.64. The van der Waals surface area contributed by atoms with Crippen LogP contribution in [0, 0.1) is 0 Å². The van der Waals surface area contributed by atoms with Gasteiger partial charge in [-0.3, -0.25) is 10.0 Å².